The molecule has 1 aromatic heterocycles. The van der Waals surface area contributed by atoms with Crippen LogP contribution in [-0.2, 0) is 18.4 Å². The summed E-state index contributed by atoms with van der Waals surface area (Å²) >= 11 is 2.05. The van der Waals surface area contributed by atoms with Crippen LogP contribution in [0.5, 0.6) is 0 Å². The largest absolute Gasteiger partial charge is 0.302 e. The van der Waals surface area contributed by atoms with E-state index >= 15 is 0 Å². The highest BCUT2D eigenvalue weighted by Gasteiger charge is 2.55. The van der Waals surface area contributed by atoms with Gasteiger partial charge in [0.25, 0.3) is 0 Å². The average Bonchev–Trinajstić information content (AvgIpc) is 2.84. The first-order chi connectivity index (χ1) is 9.33. The van der Waals surface area contributed by atoms with Crippen LogP contribution in [0, 0.1) is 11.8 Å². The van der Waals surface area contributed by atoms with Gasteiger partial charge in [0.2, 0.25) is 0 Å². The predicted molar refractivity (Wildman–Crippen MR) is 77.4 cm³/mol. The molecule has 3 unspecified atom stereocenters. The molecule has 1 aromatic rings. The van der Waals surface area contributed by atoms with E-state index in [2.05, 4.69) is 16.7 Å². The summed E-state index contributed by atoms with van der Waals surface area (Å²) in [6, 6.07) is 0.804. The Labute approximate surface area is 119 Å². The maximum Gasteiger partial charge on any atom is 0.114 e. The van der Waals surface area contributed by atoms with Gasteiger partial charge in [-0.1, -0.05) is 6.42 Å². The van der Waals surface area contributed by atoms with Gasteiger partial charge in [0.05, 0.1) is 11.2 Å². The lowest BCUT2D eigenvalue weighted by atomic mass is 9.81. The van der Waals surface area contributed by atoms with Crippen LogP contribution in [0.25, 0.3) is 0 Å². The van der Waals surface area contributed by atoms with Crippen LogP contribution in [0.3, 0.4) is 0 Å². The lowest BCUT2D eigenvalue weighted by Gasteiger charge is -2.37. The van der Waals surface area contributed by atoms with Gasteiger partial charge >= 0.3 is 0 Å². The van der Waals surface area contributed by atoms with Crippen LogP contribution < -0.4 is 5.32 Å². The van der Waals surface area contributed by atoms with Crippen molar-refractivity contribution in [3.8, 4) is 0 Å². The molecule has 3 saturated carbocycles. The zero-order valence-corrected chi connectivity index (χ0v) is 12.3. The highest BCUT2D eigenvalue weighted by Crippen LogP contribution is 2.57. The van der Waals surface area contributed by atoms with Crippen LogP contribution in [-0.4, -0.2) is 11.0 Å². The summed E-state index contributed by atoms with van der Waals surface area (Å²) in [6.45, 7) is 0. The second-order valence-electron chi connectivity index (χ2n) is 7.21. The van der Waals surface area contributed by atoms with E-state index in [9.17, 15) is 0 Å². The number of nitrogens with one attached hydrogen (secondary N) is 1. The van der Waals surface area contributed by atoms with E-state index in [-0.39, 0.29) is 0 Å². The van der Waals surface area contributed by atoms with E-state index in [1.165, 1.54) is 68.5 Å². The Morgan fingerprint density at radius 3 is 2.79 bits per heavy atom. The molecule has 19 heavy (non-hydrogen) atoms. The highest BCUT2D eigenvalue weighted by atomic mass is 32.1. The molecular formula is C16H22N2S. The SMILES string of the molecule is C1Cc2nc(C3(NC4CC4)CC4CCC3C4)sc2C1. The first kappa shape index (κ1) is 11.3. The fourth-order valence-electron chi connectivity index (χ4n) is 4.80. The van der Waals surface area contributed by atoms with Crippen molar-refractivity contribution in [3.63, 3.8) is 0 Å². The van der Waals surface area contributed by atoms with Gasteiger partial charge in [0.15, 0.2) is 0 Å². The molecular weight excluding hydrogens is 252 g/mol. The van der Waals surface area contributed by atoms with Gasteiger partial charge in [0.1, 0.15) is 5.01 Å². The summed E-state index contributed by atoms with van der Waals surface area (Å²) in [5.74, 6) is 1.86. The lowest BCUT2D eigenvalue weighted by molar-refractivity contribution is 0.206. The molecule has 2 nitrogen and oxygen atoms in total. The van der Waals surface area contributed by atoms with Crippen LogP contribution in [0.4, 0.5) is 0 Å². The second-order valence-corrected chi connectivity index (χ2v) is 8.30. The maximum atomic E-state index is 5.10. The standard InChI is InChI=1S/C16H22N2S/c1-2-13-14(3-1)19-15(17-13)16(18-12-6-7-12)9-10-4-5-11(16)8-10/h10-12,18H,1-9H2. The van der Waals surface area contributed by atoms with E-state index in [1.807, 2.05) is 0 Å². The van der Waals surface area contributed by atoms with Crippen LogP contribution in [0.15, 0.2) is 0 Å². The van der Waals surface area contributed by atoms with Gasteiger partial charge in [-0.25, -0.2) is 4.98 Å². The van der Waals surface area contributed by atoms with E-state index in [1.54, 1.807) is 4.88 Å². The zero-order valence-electron chi connectivity index (χ0n) is 11.5. The summed E-state index contributed by atoms with van der Waals surface area (Å²) < 4.78 is 0. The van der Waals surface area contributed by atoms with Crippen molar-refractivity contribution < 1.29 is 0 Å². The molecule has 0 amide bonds. The van der Waals surface area contributed by atoms with Crippen molar-refractivity contribution in [1.82, 2.24) is 10.3 Å². The number of aryl methyl sites for hydroxylation is 2. The van der Waals surface area contributed by atoms with Gasteiger partial charge in [-0.15, -0.1) is 11.3 Å². The van der Waals surface area contributed by atoms with E-state index in [0.717, 1.165) is 17.9 Å². The quantitative estimate of drug-likeness (QED) is 0.914. The molecule has 0 saturated heterocycles. The Balaban J connectivity index is 1.56. The third kappa shape index (κ3) is 1.61. The zero-order chi connectivity index (χ0) is 12.4. The summed E-state index contributed by atoms with van der Waals surface area (Å²) in [7, 11) is 0. The Bertz CT molecular complexity index is 497. The fraction of sp³-hybridized carbons (Fsp3) is 0.812. The van der Waals surface area contributed by atoms with Gasteiger partial charge in [-0.05, 0) is 63.2 Å². The Hall–Kier alpha value is -0.410. The van der Waals surface area contributed by atoms with Crippen molar-refractivity contribution in [2.45, 2.75) is 69.4 Å². The maximum absolute atomic E-state index is 5.10. The molecule has 0 aromatic carbocycles. The smallest absolute Gasteiger partial charge is 0.114 e. The third-order valence-electron chi connectivity index (χ3n) is 5.87. The third-order valence-corrected chi connectivity index (χ3v) is 7.20. The van der Waals surface area contributed by atoms with Crippen LogP contribution >= 0.6 is 11.3 Å². The summed E-state index contributed by atoms with van der Waals surface area (Å²) in [6.07, 6.45) is 12.4. The van der Waals surface area contributed by atoms with Crippen molar-refractivity contribution in [1.29, 1.82) is 0 Å². The molecule has 1 heterocycles. The van der Waals surface area contributed by atoms with Crippen molar-refractivity contribution in [2.75, 3.05) is 0 Å². The second kappa shape index (κ2) is 3.82. The van der Waals surface area contributed by atoms with Crippen LogP contribution in [0.1, 0.15) is 60.5 Å². The first-order valence-electron chi connectivity index (χ1n) is 8.10. The first-order valence-corrected chi connectivity index (χ1v) is 8.92. The number of fused-ring (bicyclic) bond motifs is 3. The van der Waals surface area contributed by atoms with Gasteiger partial charge < -0.3 is 5.32 Å². The molecule has 4 aliphatic carbocycles. The molecule has 3 heteroatoms. The molecule has 3 atom stereocenters. The van der Waals surface area contributed by atoms with E-state index < -0.39 is 0 Å². The average molecular weight is 274 g/mol. The minimum atomic E-state index is 0.291. The van der Waals surface area contributed by atoms with Crippen LogP contribution in [0.2, 0.25) is 0 Å². The molecule has 0 aliphatic heterocycles. The van der Waals surface area contributed by atoms with Crippen molar-refractivity contribution in [2.24, 2.45) is 11.8 Å². The molecule has 102 valence electrons. The minimum absolute atomic E-state index is 0.291. The summed E-state index contributed by atoms with van der Waals surface area (Å²) in [5.41, 5.74) is 1.73. The normalized spacial score (nSPS) is 40.0. The Kier molecular flexibility index (Phi) is 2.27. The predicted octanol–water partition coefficient (Wildman–Crippen LogP) is 3.40. The number of rotatable bonds is 3. The van der Waals surface area contributed by atoms with Gasteiger partial charge in [-0.3, -0.25) is 0 Å². The van der Waals surface area contributed by atoms with Gasteiger partial charge in [-0.2, -0.15) is 0 Å². The molecule has 3 fully saturated rings. The molecule has 0 radical (unpaired) electrons. The van der Waals surface area contributed by atoms with E-state index in [0.29, 0.717) is 5.54 Å². The summed E-state index contributed by atoms with van der Waals surface area (Å²) in [5, 5.41) is 5.52. The molecule has 5 rings (SSSR count). The Morgan fingerprint density at radius 1 is 1.16 bits per heavy atom. The topological polar surface area (TPSA) is 24.9 Å². The molecule has 0 spiro atoms. The number of thiazole rings is 1. The van der Waals surface area contributed by atoms with Crippen molar-refractivity contribution >= 4 is 11.3 Å². The molecule has 2 bridgehead atoms. The summed E-state index contributed by atoms with van der Waals surface area (Å²) in [4.78, 5) is 6.71. The highest BCUT2D eigenvalue weighted by molar-refractivity contribution is 7.12. The van der Waals surface area contributed by atoms with Crippen molar-refractivity contribution in [3.05, 3.63) is 15.6 Å². The number of aromatic nitrogens is 1. The van der Waals surface area contributed by atoms with Gasteiger partial charge in [0, 0.05) is 10.9 Å². The minimum Gasteiger partial charge on any atom is -0.302 e. The Morgan fingerprint density at radius 2 is 2.11 bits per heavy atom. The number of nitrogens with zero attached hydrogens (tertiary/aromatic N) is 1. The fourth-order valence-corrected chi connectivity index (χ4v) is 6.20. The van der Waals surface area contributed by atoms with E-state index in [4.69, 9.17) is 4.98 Å². The molecule has 1 N–H and O–H groups in total. The number of hydrogen-bond donors (Lipinski definition) is 1. The monoisotopic (exact) mass is 274 g/mol. The molecule has 4 aliphatic rings. The lowest BCUT2D eigenvalue weighted by Crippen LogP contribution is -2.47. The number of hydrogen-bond acceptors (Lipinski definition) is 3.